The lowest BCUT2D eigenvalue weighted by Gasteiger charge is -2.30. The standard InChI is InChI=1S/C29H33ClN4O2/c1-3-25(35)18-22-7-4-8-23(17-22)28-27(30)20-31-29(33-28)32-24-9-5-10-26(19-24)36-16-6-13-34-14-11-21(2)12-15-34/h3-5,7-10,17,19-21H,1,6,11-16,18H2,2H3,(H,31,32,33). The van der Waals surface area contributed by atoms with Crippen molar-refractivity contribution in [2.24, 2.45) is 5.92 Å². The average Bonchev–Trinajstić information content (AvgIpc) is 2.89. The lowest BCUT2D eigenvalue weighted by atomic mass is 9.99. The van der Waals surface area contributed by atoms with Gasteiger partial charge in [-0.15, -0.1) is 0 Å². The second-order valence-corrected chi connectivity index (χ2v) is 9.72. The van der Waals surface area contributed by atoms with E-state index in [4.69, 9.17) is 16.3 Å². The van der Waals surface area contributed by atoms with Crippen molar-refractivity contribution in [3.63, 3.8) is 0 Å². The molecule has 1 fully saturated rings. The molecule has 1 saturated heterocycles. The van der Waals surface area contributed by atoms with Crippen molar-refractivity contribution in [2.75, 3.05) is 31.6 Å². The molecular formula is C29H33ClN4O2. The zero-order valence-corrected chi connectivity index (χ0v) is 21.5. The van der Waals surface area contributed by atoms with Crippen molar-refractivity contribution in [3.8, 4) is 17.0 Å². The van der Waals surface area contributed by atoms with Crippen LogP contribution in [-0.2, 0) is 11.2 Å². The third-order valence-corrected chi connectivity index (χ3v) is 6.68. The first-order valence-corrected chi connectivity index (χ1v) is 12.9. The number of benzene rings is 2. The number of carbonyl (C=O) groups excluding carboxylic acids is 1. The Hall–Kier alpha value is -3.22. The highest BCUT2D eigenvalue weighted by Gasteiger charge is 2.15. The Kier molecular flexibility index (Phi) is 9.09. The van der Waals surface area contributed by atoms with Crippen LogP contribution in [0.4, 0.5) is 11.6 Å². The molecule has 0 bridgehead atoms. The summed E-state index contributed by atoms with van der Waals surface area (Å²) in [5.74, 6) is 2.05. The van der Waals surface area contributed by atoms with E-state index in [1.54, 1.807) is 6.20 Å². The summed E-state index contributed by atoms with van der Waals surface area (Å²) in [7, 11) is 0. The predicted molar refractivity (Wildman–Crippen MR) is 146 cm³/mol. The molecule has 4 rings (SSSR count). The number of carbonyl (C=O) groups is 1. The maximum Gasteiger partial charge on any atom is 0.227 e. The molecule has 0 spiro atoms. The number of ether oxygens (including phenoxy) is 1. The summed E-state index contributed by atoms with van der Waals surface area (Å²) >= 11 is 6.42. The van der Waals surface area contributed by atoms with Gasteiger partial charge in [-0.05, 0) is 68.1 Å². The first-order chi connectivity index (χ1) is 17.5. The summed E-state index contributed by atoms with van der Waals surface area (Å²) in [4.78, 5) is 23.3. The summed E-state index contributed by atoms with van der Waals surface area (Å²) in [5.41, 5.74) is 3.12. The van der Waals surface area contributed by atoms with Gasteiger partial charge in [0, 0.05) is 30.3 Å². The lowest BCUT2D eigenvalue weighted by molar-refractivity contribution is -0.114. The van der Waals surface area contributed by atoms with E-state index in [0.717, 1.165) is 41.4 Å². The van der Waals surface area contributed by atoms with Gasteiger partial charge >= 0.3 is 0 Å². The predicted octanol–water partition coefficient (Wildman–Crippen LogP) is 6.34. The third kappa shape index (κ3) is 7.39. The SMILES string of the molecule is C=CC(=O)Cc1cccc(-c2nc(Nc3cccc(OCCCN4CCC(C)CC4)c3)ncc2Cl)c1. The quantitative estimate of drug-likeness (QED) is 0.243. The molecule has 0 atom stereocenters. The van der Waals surface area contributed by atoms with Gasteiger partial charge in [-0.25, -0.2) is 9.97 Å². The topological polar surface area (TPSA) is 67.3 Å². The minimum atomic E-state index is -0.0356. The molecule has 0 saturated carbocycles. The van der Waals surface area contributed by atoms with Crippen LogP contribution in [0.25, 0.3) is 11.3 Å². The number of rotatable bonds is 11. The van der Waals surface area contributed by atoms with E-state index in [-0.39, 0.29) is 12.2 Å². The second kappa shape index (κ2) is 12.7. The van der Waals surface area contributed by atoms with Gasteiger partial charge in [0.15, 0.2) is 5.78 Å². The Morgan fingerprint density at radius 2 is 2.03 bits per heavy atom. The fraction of sp³-hybridized carbons (Fsp3) is 0.345. The number of nitrogens with zero attached hydrogens (tertiary/aromatic N) is 3. The molecule has 36 heavy (non-hydrogen) atoms. The summed E-state index contributed by atoms with van der Waals surface area (Å²) in [6.07, 6.45) is 6.80. The minimum Gasteiger partial charge on any atom is -0.493 e. The van der Waals surface area contributed by atoms with Crippen LogP contribution in [0.1, 0.15) is 31.7 Å². The van der Waals surface area contributed by atoms with Gasteiger partial charge in [-0.1, -0.05) is 49.4 Å². The van der Waals surface area contributed by atoms with E-state index in [2.05, 4.69) is 33.7 Å². The van der Waals surface area contributed by atoms with E-state index in [0.29, 0.717) is 23.3 Å². The van der Waals surface area contributed by atoms with Crippen molar-refractivity contribution in [2.45, 2.75) is 32.6 Å². The molecule has 188 valence electrons. The van der Waals surface area contributed by atoms with Crippen LogP contribution in [0.2, 0.25) is 5.02 Å². The van der Waals surface area contributed by atoms with Gasteiger partial charge in [0.25, 0.3) is 0 Å². The summed E-state index contributed by atoms with van der Waals surface area (Å²) in [6.45, 7) is 10.0. The number of halogens is 1. The summed E-state index contributed by atoms with van der Waals surface area (Å²) in [5, 5.41) is 3.69. The molecule has 1 aliphatic rings. The molecular weight excluding hydrogens is 472 g/mol. The van der Waals surface area contributed by atoms with Gasteiger partial charge in [0.05, 0.1) is 23.5 Å². The minimum absolute atomic E-state index is 0.0356. The number of hydrogen-bond donors (Lipinski definition) is 1. The van der Waals surface area contributed by atoms with Crippen LogP contribution in [0, 0.1) is 5.92 Å². The first kappa shape index (κ1) is 25.9. The number of nitrogens with one attached hydrogen (secondary N) is 1. The van der Waals surface area contributed by atoms with E-state index >= 15 is 0 Å². The van der Waals surface area contributed by atoms with Crippen LogP contribution in [0.5, 0.6) is 5.75 Å². The van der Waals surface area contributed by atoms with E-state index in [1.165, 1.54) is 32.0 Å². The monoisotopic (exact) mass is 504 g/mol. The molecule has 1 N–H and O–H groups in total. The lowest BCUT2D eigenvalue weighted by Crippen LogP contribution is -2.34. The highest BCUT2D eigenvalue weighted by atomic mass is 35.5. The number of allylic oxidation sites excluding steroid dienone is 1. The van der Waals surface area contributed by atoms with E-state index in [9.17, 15) is 4.79 Å². The Morgan fingerprint density at radius 1 is 1.22 bits per heavy atom. The number of anilines is 2. The van der Waals surface area contributed by atoms with Crippen molar-refractivity contribution >= 4 is 29.0 Å². The maximum atomic E-state index is 11.8. The van der Waals surface area contributed by atoms with Crippen LogP contribution < -0.4 is 10.1 Å². The molecule has 2 aromatic carbocycles. The molecule has 3 aromatic rings. The maximum absolute atomic E-state index is 11.8. The fourth-order valence-electron chi connectivity index (χ4n) is 4.29. The van der Waals surface area contributed by atoms with Crippen molar-refractivity contribution < 1.29 is 9.53 Å². The number of aromatic nitrogens is 2. The Balaban J connectivity index is 1.37. The van der Waals surface area contributed by atoms with Crippen molar-refractivity contribution in [3.05, 3.63) is 78.0 Å². The molecule has 1 aromatic heterocycles. The second-order valence-electron chi connectivity index (χ2n) is 9.32. The average molecular weight is 505 g/mol. The zero-order valence-electron chi connectivity index (χ0n) is 20.8. The first-order valence-electron chi connectivity index (χ1n) is 12.5. The Morgan fingerprint density at radius 3 is 2.83 bits per heavy atom. The highest BCUT2D eigenvalue weighted by Crippen LogP contribution is 2.28. The Bertz CT molecular complexity index is 1190. The van der Waals surface area contributed by atoms with Gasteiger partial charge < -0.3 is 15.0 Å². The summed E-state index contributed by atoms with van der Waals surface area (Å²) < 4.78 is 6.00. The molecule has 0 unspecified atom stereocenters. The fourth-order valence-corrected chi connectivity index (χ4v) is 4.49. The molecule has 0 amide bonds. The van der Waals surface area contributed by atoms with Crippen LogP contribution >= 0.6 is 11.6 Å². The van der Waals surface area contributed by atoms with Crippen LogP contribution in [-0.4, -0.2) is 46.9 Å². The van der Waals surface area contributed by atoms with Gasteiger partial charge in [-0.2, -0.15) is 0 Å². The van der Waals surface area contributed by atoms with E-state index < -0.39 is 0 Å². The van der Waals surface area contributed by atoms with Gasteiger partial charge in [-0.3, -0.25) is 4.79 Å². The molecule has 2 heterocycles. The number of piperidine rings is 1. The van der Waals surface area contributed by atoms with Crippen molar-refractivity contribution in [1.29, 1.82) is 0 Å². The molecule has 1 aliphatic heterocycles. The number of hydrogen-bond acceptors (Lipinski definition) is 6. The van der Waals surface area contributed by atoms with Crippen LogP contribution in [0.3, 0.4) is 0 Å². The van der Waals surface area contributed by atoms with E-state index in [1.807, 2.05) is 48.5 Å². The number of likely N-dealkylation sites (tertiary alicyclic amines) is 1. The van der Waals surface area contributed by atoms with Gasteiger partial charge in [0.1, 0.15) is 5.75 Å². The zero-order chi connectivity index (χ0) is 25.3. The third-order valence-electron chi connectivity index (χ3n) is 6.40. The summed E-state index contributed by atoms with van der Waals surface area (Å²) in [6, 6.07) is 15.4. The highest BCUT2D eigenvalue weighted by molar-refractivity contribution is 6.32. The largest absolute Gasteiger partial charge is 0.493 e. The molecule has 6 nitrogen and oxygen atoms in total. The van der Waals surface area contributed by atoms with Crippen molar-refractivity contribution in [1.82, 2.24) is 14.9 Å². The Labute approximate surface area is 218 Å². The molecule has 7 heteroatoms. The molecule has 0 radical (unpaired) electrons. The normalized spacial score (nSPS) is 14.4. The van der Waals surface area contributed by atoms with Crippen LogP contribution in [0.15, 0.2) is 67.4 Å². The molecule has 0 aliphatic carbocycles. The number of ketones is 1. The smallest absolute Gasteiger partial charge is 0.227 e. The van der Waals surface area contributed by atoms with Gasteiger partial charge in [0.2, 0.25) is 5.95 Å².